The maximum absolute atomic E-state index is 14.9. The number of hydrogen-bond acceptors (Lipinski definition) is 5. The number of hydrogen-bond donors (Lipinski definition) is 2. The van der Waals surface area contributed by atoms with Gasteiger partial charge in [-0.05, 0) is 35.9 Å². The molecule has 0 saturated carbocycles. The summed E-state index contributed by atoms with van der Waals surface area (Å²) in [5.41, 5.74) is 0.984. The number of halogens is 2. The number of sulfone groups is 1. The lowest BCUT2D eigenvalue weighted by Gasteiger charge is -2.12. The van der Waals surface area contributed by atoms with Gasteiger partial charge in [0.15, 0.2) is 5.82 Å². The minimum atomic E-state index is -4.00. The van der Waals surface area contributed by atoms with Crippen LogP contribution >= 0.6 is 23.4 Å². The summed E-state index contributed by atoms with van der Waals surface area (Å²) in [6, 6.07) is 19.3. The molecule has 32 heavy (non-hydrogen) atoms. The van der Waals surface area contributed by atoms with Crippen molar-refractivity contribution in [2.45, 2.75) is 15.5 Å². The van der Waals surface area contributed by atoms with E-state index in [0.717, 1.165) is 11.3 Å². The highest BCUT2D eigenvalue weighted by atomic mass is 35.5. The van der Waals surface area contributed by atoms with Crippen molar-refractivity contribution in [2.24, 2.45) is 0 Å². The maximum atomic E-state index is 14.9. The molecule has 3 aromatic carbocycles. The molecule has 3 rings (SSSR count). The van der Waals surface area contributed by atoms with Crippen molar-refractivity contribution in [2.75, 3.05) is 24.2 Å². The second-order valence-electron chi connectivity index (χ2n) is 6.78. The fourth-order valence-electron chi connectivity index (χ4n) is 2.88. The van der Waals surface area contributed by atoms with Gasteiger partial charge < -0.3 is 10.6 Å². The molecule has 0 fully saturated rings. The Bertz CT molecular complexity index is 1170. The molecule has 0 radical (unpaired) electrons. The molecule has 2 N–H and O–H groups in total. The van der Waals surface area contributed by atoms with Gasteiger partial charge in [0.2, 0.25) is 15.7 Å². The number of benzene rings is 3. The van der Waals surface area contributed by atoms with Gasteiger partial charge in [-0.3, -0.25) is 4.79 Å². The van der Waals surface area contributed by atoms with Crippen molar-refractivity contribution in [3.8, 4) is 0 Å². The number of carbonyl (C=O) groups excluding carboxylic acids is 1. The van der Waals surface area contributed by atoms with Crippen molar-refractivity contribution in [1.29, 1.82) is 0 Å². The average Bonchev–Trinajstić information content (AvgIpc) is 2.80. The topological polar surface area (TPSA) is 75.3 Å². The van der Waals surface area contributed by atoms with Crippen LogP contribution in [0.15, 0.2) is 82.6 Å². The van der Waals surface area contributed by atoms with Crippen LogP contribution in [0.1, 0.15) is 5.56 Å². The molecule has 0 atom stereocenters. The second-order valence-corrected chi connectivity index (χ2v) is 10.2. The summed E-state index contributed by atoms with van der Waals surface area (Å²) in [6.45, 7) is 0.265. The molecule has 168 valence electrons. The van der Waals surface area contributed by atoms with E-state index in [-0.39, 0.29) is 23.0 Å². The first-order valence-electron chi connectivity index (χ1n) is 9.80. The van der Waals surface area contributed by atoms with E-state index in [9.17, 15) is 17.6 Å². The monoisotopic (exact) mass is 492 g/mol. The molecule has 5 nitrogen and oxygen atoms in total. The summed E-state index contributed by atoms with van der Waals surface area (Å²) in [5, 5.41) is 6.14. The van der Waals surface area contributed by atoms with Crippen LogP contribution in [0.5, 0.6) is 0 Å². The second kappa shape index (κ2) is 11.4. The zero-order valence-corrected chi connectivity index (χ0v) is 19.4. The van der Waals surface area contributed by atoms with Crippen LogP contribution in [-0.2, 0) is 20.4 Å². The molecule has 0 spiro atoms. The Morgan fingerprint density at radius 2 is 1.69 bits per heavy atom. The molecule has 0 unspecified atom stereocenters. The minimum absolute atomic E-state index is 0.00285. The number of carbonyl (C=O) groups is 1. The third kappa shape index (κ3) is 6.25. The molecule has 0 heterocycles. The van der Waals surface area contributed by atoms with E-state index >= 15 is 0 Å². The molecule has 1 amide bonds. The summed E-state index contributed by atoms with van der Waals surface area (Å²) in [6.07, 6.45) is 0. The van der Waals surface area contributed by atoms with Crippen molar-refractivity contribution in [3.05, 3.63) is 89.2 Å². The number of amides is 1. The van der Waals surface area contributed by atoms with E-state index in [1.807, 2.05) is 24.3 Å². The van der Waals surface area contributed by atoms with Gasteiger partial charge in [0.05, 0.1) is 17.1 Å². The predicted octanol–water partition coefficient (Wildman–Crippen LogP) is 4.77. The lowest BCUT2D eigenvalue weighted by molar-refractivity contribution is -0.119. The molecule has 9 heteroatoms. The Morgan fingerprint density at radius 3 is 2.44 bits per heavy atom. The largest absolute Gasteiger partial charge is 0.374 e. The van der Waals surface area contributed by atoms with E-state index < -0.39 is 20.5 Å². The van der Waals surface area contributed by atoms with E-state index in [4.69, 9.17) is 11.6 Å². The van der Waals surface area contributed by atoms with Crippen LogP contribution in [0, 0.1) is 5.82 Å². The zero-order chi connectivity index (χ0) is 23.0. The first kappa shape index (κ1) is 24.1. The highest BCUT2D eigenvalue weighted by molar-refractivity contribution is 7.98. The quantitative estimate of drug-likeness (QED) is 0.399. The minimum Gasteiger partial charge on any atom is -0.374 e. The molecule has 0 aliphatic heterocycles. The average molecular weight is 493 g/mol. The highest BCUT2D eigenvalue weighted by Gasteiger charge is 2.23. The van der Waals surface area contributed by atoms with Crippen molar-refractivity contribution in [1.82, 2.24) is 5.32 Å². The number of thioether (sulfide) groups is 1. The molecule has 0 saturated heterocycles. The highest BCUT2D eigenvalue weighted by Crippen LogP contribution is 2.27. The van der Waals surface area contributed by atoms with Gasteiger partial charge in [-0.15, -0.1) is 0 Å². The van der Waals surface area contributed by atoms with Crippen LogP contribution in [0.2, 0.25) is 5.02 Å². The zero-order valence-electron chi connectivity index (χ0n) is 17.1. The van der Waals surface area contributed by atoms with Crippen molar-refractivity contribution in [3.63, 3.8) is 0 Å². The third-order valence-electron chi connectivity index (χ3n) is 4.53. The van der Waals surface area contributed by atoms with Gasteiger partial charge in [0.25, 0.3) is 0 Å². The first-order chi connectivity index (χ1) is 15.4. The fourth-order valence-corrected chi connectivity index (χ4v) is 5.40. The number of anilines is 1. The van der Waals surface area contributed by atoms with E-state index in [1.54, 1.807) is 30.0 Å². The van der Waals surface area contributed by atoms with Crippen LogP contribution in [0.4, 0.5) is 10.1 Å². The molecule has 0 aliphatic rings. The summed E-state index contributed by atoms with van der Waals surface area (Å²) >= 11 is 7.75. The van der Waals surface area contributed by atoms with Crippen molar-refractivity contribution >= 4 is 44.8 Å². The van der Waals surface area contributed by atoms with E-state index in [2.05, 4.69) is 10.6 Å². The summed E-state index contributed by atoms with van der Waals surface area (Å²) in [5.74, 6) is 0.191. The molecule has 3 aromatic rings. The molecule has 0 bridgehead atoms. The van der Waals surface area contributed by atoms with Gasteiger partial charge in [-0.1, -0.05) is 54.1 Å². The molecular formula is C23H22ClFN2O3S2. The normalized spacial score (nSPS) is 11.2. The van der Waals surface area contributed by atoms with E-state index in [1.165, 1.54) is 30.3 Å². The summed E-state index contributed by atoms with van der Waals surface area (Å²) < 4.78 is 40.3. The molecular weight excluding hydrogens is 471 g/mol. The smallest absolute Gasteiger partial charge is 0.239 e. The van der Waals surface area contributed by atoms with Gasteiger partial charge in [-0.2, -0.15) is 11.8 Å². The Balaban J connectivity index is 1.50. The number of rotatable bonds is 10. The van der Waals surface area contributed by atoms with E-state index in [0.29, 0.717) is 17.3 Å². The van der Waals surface area contributed by atoms with Gasteiger partial charge in [0, 0.05) is 23.1 Å². The maximum Gasteiger partial charge on any atom is 0.239 e. The predicted molar refractivity (Wildman–Crippen MR) is 127 cm³/mol. The number of nitrogens with one attached hydrogen (secondary N) is 2. The summed E-state index contributed by atoms with van der Waals surface area (Å²) in [7, 11) is -4.00. The summed E-state index contributed by atoms with van der Waals surface area (Å²) in [4.78, 5) is 11.6. The fraction of sp³-hybridized carbons (Fsp3) is 0.174. The Kier molecular flexibility index (Phi) is 8.55. The van der Waals surface area contributed by atoms with Gasteiger partial charge >= 0.3 is 0 Å². The Morgan fingerprint density at radius 1 is 0.969 bits per heavy atom. The van der Waals surface area contributed by atoms with Crippen LogP contribution in [-0.4, -0.2) is 33.2 Å². The standard InChI is InChI=1S/C23H22ClFN2O3S2/c24-19-10-5-4-7-17(19)16-31-14-13-26-22(28)15-27-20-11-6-12-21(23(20)25)32(29,30)18-8-2-1-3-9-18/h1-12,27H,13-16H2,(H,26,28). The van der Waals surface area contributed by atoms with Crippen LogP contribution < -0.4 is 10.6 Å². The Labute approximate surface area is 196 Å². The van der Waals surface area contributed by atoms with Crippen LogP contribution in [0.3, 0.4) is 0 Å². The molecule has 0 aliphatic carbocycles. The lowest BCUT2D eigenvalue weighted by atomic mass is 10.2. The van der Waals surface area contributed by atoms with Crippen molar-refractivity contribution < 1.29 is 17.6 Å². The first-order valence-corrected chi connectivity index (χ1v) is 12.8. The Hall–Kier alpha value is -2.55. The lowest BCUT2D eigenvalue weighted by Crippen LogP contribution is -2.31. The molecule has 0 aromatic heterocycles. The van der Waals surface area contributed by atoms with Gasteiger partial charge in [0.1, 0.15) is 4.90 Å². The SMILES string of the molecule is O=C(CNc1cccc(S(=O)(=O)c2ccccc2)c1F)NCCSCc1ccccc1Cl. The van der Waals surface area contributed by atoms with Gasteiger partial charge in [-0.25, -0.2) is 12.8 Å². The van der Waals surface area contributed by atoms with Crippen LogP contribution in [0.25, 0.3) is 0 Å². The third-order valence-corrected chi connectivity index (χ3v) is 7.69.